The maximum atomic E-state index is 11.8. The molecule has 0 radical (unpaired) electrons. The van der Waals surface area contributed by atoms with Gasteiger partial charge in [-0.15, -0.1) is 11.3 Å². The largest absolute Gasteiger partial charge is 0.311 e. The van der Waals surface area contributed by atoms with Crippen LogP contribution in [0.1, 0.15) is 25.1 Å². The average molecular weight is 354 g/mol. The number of sulfone groups is 1. The molecule has 0 aliphatic heterocycles. The standard InChI is InChI=1S/C12H20BrNO2S2/c1-3-10(2)9-18(15,16)5-4-14-7-12-6-11(13)8-17-12/h6,8,10,14H,3-5,7,9H2,1-2H3. The second-order valence-corrected chi connectivity index (χ2v) is 8.68. The van der Waals surface area contributed by atoms with Crippen molar-refractivity contribution in [2.24, 2.45) is 5.92 Å². The van der Waals surface area contributed by atoms with Crippen LogP contribution in [0.3, 0.4) is 0 Å². The second kappa shape index (κ2) is 7.62. The Morgan fingerprint density at radius 3 is 2.78 bits per heavy atom. The molecule has 104 valence electrons. The smallest absolute Gasteiger partial charge is 0.151 e. The Kier molecular flexibility index (Phi) is 6.84. The van der Waals surface area contributed by atoms with Gasteiger partial charge in [-0.25, -0.2) is 8.42 Å². The number of hydrogen-bond acceptors (Lipinski definition) is 4. The van der Waals surface area contributed by atoms with E-state index >= 15 is 0 Å². The molecule has 1 heterocycles. The molecule has 0 aliphatic rings. The fourth-order valence-electron chi connectivity index (χ4n) is 1.52. The first-order valence-corrected chi connectivity index (χ1v) is 9.56. The maximum absolute atomic E-state index is 11.8. The highest BCUT2D eigenvalue weighted by Gasteiger charge is 2.14. The summed E-state index contributed by atoms with van der Waals surface area (Å²) in [5.41, 5.74) is 0. The first kappa shape index (κ1) is 16.1. The summed E-state index contributed by atoms with van der Waals surface area (Å²) >= 11 is 5.06. The molecule has 0 fully saturated rings. The number of halogens is 1. The monoisotopic (exact) mass is 353 g/mol. The van der Waals surface area contributed by atoms with E-state index in [9.17, 15) is 8.42 Å². The normalized spacial score (nSPS) is 13.7. The van der Waals surface area contributed by atoms with Gasteiger partial charge in [-0.2, -0.15) is 0 Å². The van der Waals surface area contributed by atoms with E-state index in [1.807, 2.05) is 25.3 Å². The first-order valence-electron chi connectivity index (χ1n) is 6.07. The minimum atomic E-state index is -2.91. The molecule has 1 unspecified atom stereocenters. The van der Waals surface area contributed by atoms with Crippen molar-refractivity contribution in [2.75, 3.05) is 18.1 Å². The second-order valence-electron chi connectivity index (χ2n) is 4.54. The first-order chi connectivity index (χ1) is 8.43. The third kappa shape index (κ3) is 6.31. The van der Waals surface area contributed by atoms with Crippen LogP contribution in [0.2, 0.25) is 0 Å². The lowest BCUT2D eigenvalue weighted by molar-refractivity contribution is 0.561. The molecule has 0 saturated carbocycles. The molecule has 6 heteroatoms. The van der Waals surface area contributed by atoms with Gasteiger partial charge in [0.25, 0.3) is 0 Å². The lowest BCUT2D eigenvalue weighted by Crippen LogP contribution is -2.25. The Balaban J connectivity index is 2.25. The molecule has 18 heavy (non-hydrogen) atoms. The SMILES string of the molecule is CCC(C)CS(=O)(=O)CCNCc1cc(Br)cs1. The Labute approximate surface area is 122 Å². The molecule has 1 N–H and O–H groups in total. The summed E-state index contributed by atoms with van der Waals surface area (Å²) in [5, 5.41) is 5.20. The maximum Gasteiger partial charge on any atom is 0.151 e. The molecule has 3 nitrogen and oxygen atoms in total. The van der Waals surface area contributed by atoms with Gasteiger partial charge in [0.15, 0.2) is 9.84 Å². The molecule has 0 saturated heterocycles. The van der Waals surface area contributed by atoms with Crippen LogP contribution in [0.4, 0.5) is 0 Å². The quantitative estimate of drug-likeness (QED) is 0.730. The van der Waals surface area contributed by atoms with Crippen molar-refractivity contribution in [1.29, 1.82) is 0 Å². The minimum absolute atomic E-state index is 0.226. The van der Waals surface area contributed by atoms with Crippen molar-refractivity contribution in [3.63, 3.8) is 0 Å². The van der Waals surface area contributed by atoms with Gasteiger partial charge in [0, 0.05) is 27.8 Å². The predicted molar refractivity (Wildman–Crippen MR) is 81.8 cm³/mol. The van der Waals surface area contributed by atoms with E-state index in [0.29, 0.717) is 12.3 Å². The van der Waals surface area contributed by atoms with Crippen LogP contribution in [-0.2, 0) is 16.4 Å². The molecule has 1 rings (SSSR count). The van der Waals surface area contributed by atoms with Gasteiger partial charge in [-0.1, -0.05) is 20.3 Å². The van der Waals surface area contributed by atoms with Gasteiger partial charge in [0.05, 0.1) is 11.5 Å². The van der Waals surface area contributed by atoms with Crippen LogP contribution in [0.25, 0.3) is 0 Å². The fraction of sp³-hybridized carbons (Fsp3) is 0.667. The highest BCUT2D eigenvalue weighted by molar-refractivity contribution is 9.10. The van der Waals surface area contributed by atoms with E-state index in [1.165, 1.54) is 4.88 Å². The van der Waals surface area contributed by atoms with E-state index in [4.69, 9.17) is 0 Å². The van der Waals surface area contributed by atoms with Gasteiger partial charge in [0.2, 0.25) is 0 Å². The summed E-state index contributed by atoms with van der Waals surface area (Å²) in [4.78, 5) is 1.21. The van der Waals surface area contributed by atoms with Gasteiger partial charge in [-0.3, -0.25) is 0 Å². The summed E-state index contributed by atoms with van der Waals surface area (Å²) < 4.78 is 24.6. The molecular formula is C12H20BrNO2S2. The van der Waals surface area contributed by atoms with Gasteiger partial charge in [0.1, 0.15) is 0 Å². The van der Waals surface area contributed by atoms with Crippen molar-refractivity contribution in [2.45, 2.75) is 26.8 Å². The van der Waals surface area contributed by atoms with E-state index in [2.05, 4.69) is 21.2 Å². The third-order valence-electron chi connectivity index (χ3n) is 2.75. The molecule has 0 aliphatic carbocycles. The molecule has 1 aromatic rings. The number of rotatable bonds is 8. The zero-order valence-corrected chi connectivity index (χ0v) is 14.0. The number of hydrogen-bond donors (Lipinski definition) is 1. The summed E-state index contributed by atoms with van der Waals surface area (Å²) in [6.45, 7) is 5.25. The lowest BCUT2D eigenvalue weighted by atomic mass is 10.2. The number of thiophene rings is 1. The molecule has 0 spiro atoms. The van der Waals surface area contributed by atoms with E-state index < -0.39 is 9.84 Å². The van der Waals surface area contributed by atoms with Crippen LogP contribution in [-0.4, -0.2) is 26.5 Å². The van der Waals surface area contributed by atoms with Gasteiger partial charge in [-0.05, 0) is 27.9 Å². The van der Waals surface area contributed by atoms with Crippen molar-refractivity contribution < 1.29 is 8.42 Å². The molecule has 0 aromatic carbocycles. The van der Waals surface area contributed by atoms with E-state index in [-0.39, 0.29) is 11.7 Å². The van der Waals surface area contributed by atoms with Crippen molar-refractivity contribution >= 4 is 37.1 Å². The summed E-state index contributed by atoms with van der Waals surface area (Å²) in [7, 11) is -2.91. The fourth-order valence-corrected chi connectivity index (χ4v) is 4.67. The highest BCUT2D eigenvalue weighted by Crippen LogP contribution is 2.19. The zero-order chi connectivity index (χ0) is 13.6. The van der Waals surface area contributed by atoms with E-state index in [0.717, 1.165) is 17.4 Å². The van der Waals surface area contributed by atoms with Gasteiger partial charge >= 0.3 is 0 Å². The van der Waals surface area contributed by atoms with Crippen molar-refractivity contribution in [3.05, 3.63) is 20.8 Å². The van der Waals surface area contributed by atoms with Crippen LogP contribution in [0.5, 0.6) is 0 Å². The van der Waals surface area contributed by atoms with Crippen LogP contribution in [0, 0.1) is 5.92 Å². The molecule has 0 bridgehead atoms. The van der Waals surface area contributed by atoms with Gasteiger partial charge < -0.3 is 5.32 Å². The summed E-state index contributed by atoms with van der Waals surface area (Å²) in [6, 6.07) is 2.05. The molecule has 1 atom stereocenters. The Morgan fingerprint density at radius 2 is 2.22 bits per heavy atom. The van der Waals surface area contributed by atoms with Crippen LogP contribution < -0.4 is 5.32 Å². The predicted octanol–water partition coefficient (Wildman–Crippen LogP) is 3.06. The van der Waals surface area contributed by atoms with Crippen LogP contribution >= 0.6 is 27.3 Å². The Bertz CT molecular complexity index is 456. The summed E-state index contributed by atoms with van der Waals surface area (Å²) in [5.74, 6) is 0.780. The topological polar surface area (TPSA) is 46.2 Å². The van der Waals surface area contributed by atoms with E-state index in [1.54, 1.807) is 11.3 Å². The highest BCUT2D eigenvalue weighted by atomic mass is 79.9. The van der Waals surface area contributed by atoms with Crippen molar-refractivity contribution in [3.8, 4) is 0 Å². The number of nitrogens with one attached hydrogen (secondary N) is 1. The lowest BCUT2D eigenvalue weighted by Gasteiger charge is -2.09. The summed E-state index contributed by atoms with van der Waals surface area (Å²) in [6.07, 6.45) is 0.913. The van der Waals surface area contributed by atoms with Crippen LogP contribution in [0.15, 0.2) is 15.9 Å². The Morgan fingerprint density at radius 1 is 1.50 bits per heavy atom. The zero-order valence-electron chi connectivity index (χ0n) is 10.8. The minimum Gasteiger partial charge on any atom is -0.311 e. The molecular weight excluding hydrogens is 334 g/mol. The average Bonchev–Trinajstić information content (AvgIpc) is 2.70. The Hall–Kier alpha value is 0.0900. The molecule has 0 amide bonds. The van der Waals surface area contributed by atoms with Crippen molar-refractivity contribution in [1.82, 2.24) is 5.32 Å². The molecule has 1 aromatic heterocycles. The third-order valence-corrected chi connectivity index (χ3v) is 6.35.